The van der Waals surface area contributed by atoms with E-state index in [2.05, 4.69) is 5.32 Å². The standard InChI is InChI=1S/C21H15NO3S2/c1-25-14-10-8-13(9-11-14)18-19(23)15-5-2-3-6-16(15)27-21(18)22-20(24)17-7-4-12-26-17/h2-12H,1H3,(H,22,24). The molecule has 0 saturated heterocycles. The molecular formula is C21H15NO3S2. The van der Waals surface area contributed by atoms with Crippen LogP contribution in [0.3, 0.4) is 0 Å². The lowest BCUT2D eigenvalue weighted by molar-refractivity contribution is 0.103. The highest BCUT2D eigenvalue weighted by Crippen LogP contribution is 2.34. The van der Waals surface area contributed by atoms with Crippen molar-refractivity contribution < 1.29 is 9.53 Å². The van der Waals surface area contributed by atoms with E-state index < -0.39 is 0 Å². The van der Waals surface area contributed by atoms with Crippen molar-refractivity contribution in [1.82, 2.24) is 0 Å². The molecule has 0 radical (unpaired) electrons. The van der Waals surface area contributed by atoms with Gasteiger partial charge in [-0.3, -0.25) is 9.59 Å². The average Bonchev–Trinajstić information content (AvgIpc) is 3.23. The van der Waals surface area contributed by atoms with Gasteiger partial charge in [-0.25, -0.2) is 0 Å². The molecule has 0 aliphatic rings. The van der Waals surface area contributed by atoms with Crippen LogP contribution in [0.25, 0.3) is 21.2 Å². The summed E-state index contributed by atoms with van der Waals surface area (Å²) in [6.07, 6.45) is 0. The van der Waals surface area contributed by atoms with E-state index in [1.807, 2.05) is 47.8 Å². The molecule has 1 N–H and O–H groups in total. The van der Waals surface area contributed by atoms with Gasteiger partial charge in [-0.05, 0) is 41.3 Å². The number of hydrogen-bond acceptors (Lipinski definition) is 5. The van der Waals surface area contributed by atoms with E-state index in [1.165, 1.54) is 22.7 Å². The highest BCUT2D eigenvalue weighted by molar-refractivity contribution is 7.22. The normalized spacial score (nSPS) is 10.7. The van der Waals surface area contributed by atoms with Crippen LogP contribution in [0.4, 0.5) is 5.00 Å². The zero-order chi connectivity index (χ0) is 18.8. The fourth-order valence-corrected chi connectivity index (χ4v) is 4.53. The number of benzene rings is 2. The third-order valence-corrected chi connectivity index (χ3v) is 6.10. The second-order valence-electron chi connectivity index (χ2n) is 5.79. The van der Waals surface area contributed by atoms with Gasteiger partial charge in [0.15, 0.2) is 5.43 Å². The van der Waals surface area contributed by atoms with Gasteiger partial charge in [-0.2, -0.15) is 0 Å². The minimum atomic E-state index is -0.217. The topological polar surface area (TPSA) is 55.4 Å². The number of rotatable bonds is 4. The van der Waals surface area contributed by atoms with E-state index >= 15 is 0 Å². The van der Waals surface area contributed by atoms with Crippen LogP contribution in [-0.2, 0) is 0 Å². The molecule has 4 rings (SSSR count). The van der Waals surface area contributed by atoms with E-state index in [-0.39, 0.29) is 11.3 Å². The van der Waals surface area contributed by atoms with Crippen LogP contribution >= 0.6 is 22.7 Å². The number of thiophene rings is 1. The van der Waals surface area contributed by atoms with Gasteiger partial charge in [0.05, 0.1) is 17.6 Å². The maximum Gasteiger partial charge on any atom is 0.266 e. The Morgan fingerprint density at radius 2 is 1.78 bits per heavy atom. The van der Waals surface area contributed by atoms with Crippen LogP contribution in [0.15, 0.2) is 70.8 Å². The monoisotopic (exact) mass is 393 g/mol. The van der Waals surface area contributed by atoms with Crippen molar-refractivity contribution in [2.75, 3.05) is 12.4 Å². The molecule has 2 aromatic heterocycles. The van der Waals surface area contributed by atoms with Crippen LogP contribution < -0.4 is 15.5 Å². The Balaban J connectivity index is 1.89. The van der Waals surface area contributed by atoms with Gasteiger partial charge in [0.2, 0.25) is 0 Å². The SMILES string of the molecule is COc1ccc(-c2c(NC(=O)c3cccs3)sc3ccccc3c2=O)cc1. The van der Waals surface area contributed by atoms with Crippen molar-refractivity contribution in [2.45, 2.75) is 0 Å². The zero-order valence-electron chi connectivity index (χ0n) is 14.4. The molecule has 27 heavy (non-hydrogen) atoms. The number of anilines is 1. The lowest BCUT2D eigenvalue weighted by Gasteiger charge is -2.12. The van der Waals surface area contributed by atoms with Gasteiger partial charge in [0.25, 0.3) is 5.91 Å². The molecule has 0 aliphatic carbocycles. The van der Waals surface area contributed by atoms with E-state index in [1.54, 1.807) is 25.3 Å². The molecule has 0 unspecified atom stereocenters. The molecule has 2 aromatic carbocycles. The number of nitrogens with one attached hydrogen (secondary N) is 1. The van der Waals surface area contributed by atoms with Crippen molar-refractivity contribution in [2.24, 2.45) is 0 Å². The summed E-state index contributed by atoms with van der Waals surface area (Å²) in [6.45, 7) is 0. The molecule has 2 heterocycles. The molecule has 4 aromatic rings. The molecule has 0 bridgehead atoms. The van der Waals surface area contributed by atoms with Crippen LogP contribution in [0.1, 0.15) is 9.67 Å². The first-order valence-corrected chi connectivity index (χ1v) is 9.92. The number of hydrogen-bond donors (Lipinski definition) is 1. The third-order valence-electron chi connectivity index (χ3n) is 4.15. The zero-order valence-corrected chi connectivity index (χ0v) is 16.0. The summed E-state index contributed by atoms with van der Waals surface area (Å²) in [4.78, 5) is 26.4. The molecule has 0 saturated carbocycles. The molecular weight excluding hydrogens is 378 g/mol. The highest BCUT2D eigenvalue weighted by Gasteiger charge is 2.17. The lowest BCUT2D eigenvalue weighted by atomic mass is 10.1. The average molecular weight is 393 g/mol. The largest absolute Gasteiger partial charge is 0.497 e. The summed E-state index contributed by atoms with van der Waals surface area (Å²) in [6, 6.07) is 18.3. The predicted molar refractivity (Wildman–Crippen MR) is 112 cm³/mol. The summed E-state index contributed by atoms with van der Waals surface area (Å²) in [5.41, 5.74) is 1.13. The number of fused-ring (bicyclic) bond motifs is 1. The van der Waals surface area contributed by atoms with Gasteiger partial charge in [0, 0.05) is 10.1 Å². The summed E-state index contributed by atoms with van der Waals surface area (Å²) in [5, 5.41) is 5.97. The quantitative estimate of drug-likeness (QED) is 0.515. The first-order chi connectivity index (χ1) is 13.2. The summed E-state index contributed by atoms with van der Waals surface area (Å²) in [7, 11) is 1.60. The molecule has 0 fully saturated rings. The number of ether oxygens (including phenoxy) is 1. The number of methoxy groups -OCH3 is 1. The molecule has 1 amide bonds. The Morgan fingerprint density at radius 1 is 1.00 bits per heavy atom. The molecule has 4 nitrogen and oxygen atoms in total. The van der Waals surface area contributed by atoms with Crippen LogP contribution in [0.5, 0.6) is 5.75 Å². The fourth-order valence-electron chi connectivity index (χ4n) is 2.82. The van der Waals surface area contributed by atoms with E-state index in [4.69, 9.17) is 4.74 Å². The van der Waals surface area contributed by atoms with Crippen LogP contribution in [0.2, 0.25) is 0 Å². The van der Waals surface area contributed by atoms with Crippen molar-refractivity contribution in [3.8, 4) is 16.9 Å². The molecule has 0 atom stereocenters. The first kappa shape index (κ1) is 17.5. The third kappa shape index (κ3) is 3.37. The van der Waals surface area contributed by atoms with E-state index in [9.17, 15) is 9.59 Å². The Hall–Kier alpha value is -2.96. The molecule has 6 heteroatoms. The van der Waals surface area contributed by atoms with Gasteiger partial charge in [-0.15, -0.1) is 22.7 Å². The van der Waals surface area contributed by atoms with Crippen molar-refractivity contribution in [3.05, 3.63) is 81.1 Å². The van der Waals surface area contributed by atoms with E-state index in [0.29, 0.717) is 26.6 Å². The van der Waals surface area contributed by atoms with Crippen LogP contribution in [0, 0.1) is 0 Å². The lowest BCUT2D eigenvalue weighted by Crippen LogP contribution is -2.14. The number of carbonyl (C=O) groups is 1. The van der Waals surface area contributed by atoms with Gasteiger partial charge in [-0.1, -0.05) is 30.3 Å². The maximum absolute atomic E-state index is 13.2. The minimum absolute atomic E-state index is 0.101. The van der Waals surface area contributed by atoms with Gasteiger partial charge < -0.3 is 10.1 Å². The highest BCUT2D eigenvalue weighted by atomic mass is 32.1. The van der Waals surface area contributed by atoms with Gasteiger partial charge in [0.1, 0.15) is 10.8 Å². The summed E-state index contributed by atoms with van der Waals surface area (Å²) < 4.78 is 6.04. The predicted octanol–water partition coefficient (Wildman–Crippen LogP) is 5.25. The van der Waals surface area contributed by atoms with Crippen molar-refractivity contribution in [1.29, 1.82) is 0 Å². The Labute approximate surface area is 163 Å². The molecule has 0 aliphatic heterocycles. The second kappa shape index (κ2) is 7.34. The van der Waals surface area contributed by atoms with Crippen molar-refractivity contribution >= 4 is 43.7 Å². The molecule has 134 valence electrons. The fraction of sp³-hybridized carbons (Fsp3) is 0.0476. The second-order valence-corrected chi connectivity index (χ2v) is 7.79. The van der Waals surface area contributed by atoms with Crippen molar-refractivity contribution in [3.63, 3.8) is 0 Å². The van der Waals surface area contributed by atoms with Gasteiger partial charge >= 0.3 is 0 Å². The number of amides is 1. The van der Waals surface area contributed by atoms with E-state index in [0.717, 1.165) is 10.3 Å². The first-order valence-electron chi connectivity index (χ1n) is 8.22. The number of carbonyl (C=O) groups excluding carboxylic acids is 1. The minimum Gasteiger partial charge on any atom is -0.497 e. The molecule has 0 spiro atoms. The summed E-state index contributed by atoms with van der Waals surface area (Å²) >= 11 is 2.76. The Kier molecular flexibility index (Phi) is 4.75. The smallest absolute Gasteiger partial charge is 0.266 e. The summed E-state index contributed by atoms with van der Waals surface area (Å²) in [5.74, 6) is 0.491. The van der Waals surface area contributed by atoms with Crippen LogP contribution in [-0.4, -0.2) is 13.0 Å². The Bertz CT molecular complexity index is 1160. The Morgan fingerprint density at radius 3 is 2.48 bits per heavy atom. The maximum atomic E-state index is 13.2.